The summed E-state index contributed by atoms with van der Waals surface area (Å²) in [5.74, 6) is 0.495. The summed E-state index contributed by atoms with van der Waals surface area (Å²) in [4.78, 5) is 27.1. The van der Waals surface area contributed by atoms with E-state index in [-0.39, 0.29) is 11.8 Å². The van der Waals surface area contributed by atoms with E-state index in [1.807, 2.05) is 36.0 Å². The number of hydrogen-bond donors (Lipinski definition) is 1. The van der Waals surface area contributed by atoms with Gasteiger partial charge in [0, 0.05) is 41.6 Å². The summed E-state index contributed by atoms with van der Waals surface area (Å²) >= 11 is 8.22. The van der Waals surface area contributed by atoms with E-state index in [0.717, 1.165) is 16.7 Å². The van der Waals surface area contributed by atoms with Gasteiger partial charge >= 0.3 is 0 Å². The van der Waals surface area contributed by atoms with Gasteiger partial charge in [-0.3, -0.25) is 9.59 Å². The number of benzene rings is 2. The lowest BCUT2D eigenvalue weighted by Crippen LogP contribution is -2.22. The quantitative estimate of drug-likeness (QED) is 0.440. The molecule has 1 fully saturated rings. The van der Waals surface area contributed by atoms with Crippen molar-refractivity contribution in [2.24, 2.45) is 0 Å². The van der Waals surface area contributed by atoms with E-state index >= 15 is 0 Å². The molecule has 0 atom stereocenters. The van der Waals surface area contributed by atoms with Gasteiger partial charge in [-0.05, 0) is 37.1 Å². The molecule has 5 nitrogen and oxygen atoms in total. The number of nitrogens with one attached hydrogen (secondary N) is 1. The second-order valence-corrected chi connectivity index (χ2v) is 10.0. The number of anilines is 1. The van der Waals surface area contributed by atoms with Gasteiger partial charge in [0.2, 0.25) is 0 Å². The topological polar surface area (TPSA) is 62.6 Å². The van der Waals surface area contributed by atoms with Gasteiger partial charge in [-0.15, -0.1) is 0 Å². The predicted molar refractivity (Wildman–Crippen MR) is 132 cm³/mol. The van der Waals surface area contributed by atoms with Crippen LogP contribution in [0.4, 0.5) is 5.69 Å². The van der Waals surface area contributed by atoms with Crippen LogP contribution in [-0.2, 0) is 5.75 Å². The van der Waals surface area contributed by atoms with Crippen LogP contribution in [0.25, 0.3) is 11.0 Å². The number of rotatable bonds is 6. The Balaban J connectivity index is 1.61. The first-order chi connectivity index (χ1) is 15.4. The van der Waals surface area contributed by atoms with Crippen LogP contribution in [0.5, 0.6) is 0 Å². The average molecular weight is 471 g/mol. The molecule has 0 unspecified atom stereocenters. The predicted octanol–water partition coefficient (Wildman–Crippen LogP) is 6.61. The number of thioether (sulfide) groups is 1. The smallest absolute Gasteiger partial charge is 0.291 e. The van der Waals surface area contributed by atoms with Gasteiger partial charge in [0.15, 0.2) is 5.76 Å². The number of furan rings is 1. The Bertz CT molecular complexity index is 1140. The summed E-state index contributed by atoms with van der Waals surface area (Å²) < 4.78 is 5.99. The molecule has 0 saturated heterocycles. The third-order valence-electron chi connectivity index (χ3n) is 5.79. The number of carbonyl (C=O) groups is 2. The molecule has 4 rings (SSSR count). The van der Waals surface area contributed by atoms with Crippen LogP contribution < -0.4 is 5.32 Å². The lowest BCUT2D eigenvalue weighted by atomic mass is 10.0. The first kappa shape index (κ1) is 22.7. The van der Waals surface area contributed by atoms with Crippen LogP contribution in [0.15, 0.2) is 46.9 Å². The summed E-state index contributed by atoms with van der Waals surface area (Å²) in [5.41, 5.74) is 2.44. The normalized spacial score (nSPS) is 14.5. The van der Waals surface area contributed by atoms with Crippen molar-refractivity contribution in [3.05, 3.63) is 64.4 Å². The number of fused-ring (bicyclic) bond motifs is 1. The Labute approximate surface area is 197 Å². The first-order valence-corrected chi connectivity index (χ1v) is 12.3. The standard InChI is InChI=1S/C25H27ClN2O3S/c1-28(2)25(30)16-12-13-20(26)21(14-16)27-24(29)23-19(15-32-17-8-4-3-5-9-17)18-10-6-7-11-22(18)31-23/h6-7,10-14,17H,3-5,8-9,15H2,1-2H3,(H,27,29). The number of halogens is 1. The zero-order valence-corrected chi connectivity index (χ0v) is 19.9. The van der Waals surface area contributed by atoms with Crippen molar-refractivity contribution >= 4 is 51.8 Å². The molecule has 1 N–H and O–H groups in total. The largest absolute Gasteiger partial charge is 0.451 e. The number of hydrogen-bond acceptors (Lipinski definition) is 4. The Morgan fingerprint density at radius 2 is 1.88 bits per heavy atom. The maximum atomic E-state index is 13.3. The van der Waals surface area contributed by atoms with Gasteiger partial charge in [0.1, 0.15) is 5.58 Å². The molecular formula is C25H27ClN2O3S. The van der Waals surface area contributed by atoms with Crippen molar-refractivity contribution < 1.29 is 14.0 Å². The minimum absolute atomic E-state index is 0.162. The lowest BCUT2D eigenvalue weighted by molar-refractivity contribution is 0.0827. The molecule has 1 saturated carbocycles. The van der Waals surface area contributed by atoms with Crippen molar-refractivity contribution in [1.82, 2.24) is 4.90 Å². The highest BCUT2D eigenvalue weighted by Gasteiger charge is 2.23. The van der Waals surface area contributed by atoms with Crippen molar-refractivity contribution in [2.45, 2.75) is 43.1 Å². The van der Waals surface area contributed by atoms with Gasteiger partial charge in [0.05, 0.1) is 10.7 Å². The van der Waals surface area contributed by atoms with Crippen LogP contribution in [-0.4, -0.2) is 36.1 Å². The molecular weight excluding hydrogens is 444 g/mol. The fraction of sp³-hybridized carbons (Fsp3) is 0.360. The summed E-state index contributed by atoms with van der Waals surface area (Å²) in [5, 5.41) is 4.80. The molecule has 168 valence electrons. The maximum absolute atomic E-state index is 13.3. The second-order valence-electron chi connectivity index (χ2n) is 8.33. The van der Waals surface area contributed by atoms with Crippen molar-refractivity contribution in [3.63, 3.8) is 0 Å². The molecule has 32 heavy (non-hydrogen) atoms. The highest BCUT2D eigenvalue weighted by atomic mass is 35.5. The van der Waals surface area contributed by atoms with E-state index in [1.54, 1.807) is 32.3 Å². The van der Waals surface area contributed by atoms with E-state index in [4.69, 9.17) is 16.0 Å². The average Bonchev–Trinajstić information content (AvgIpc) is 3.18. The van der Waals surface area contributed by atoms with Crippen molar-refractivity contribution in [2.75, 3.05) is 19.4 Å². The van der Waals surface area contributed by atoms with Gasteiger partial charge in [-0.1, -0.05) is 49.1 Å². The van der Waals surface area contributed by atoms with E-state index in [1.165, 1.54) is 37.0 Å². The molecule has 1 aliphatic carbocycles. The van der Waals surface area contributed by atoms with E-state index in [2.05, 4.69) is 5.32 Å². The number of amides is 2. The molecule has 1 aliphatic rings. The highest BCUT2D eigenvalue weighted by Crippen LogP contribution is 2.35. The summed E-state index contributed by atoms with van der Waals surface area (Å²) in [6.07, 6.45) is 6.32. The van der Waals surface area contributed by atoms with Crippen molar-refractivity contribution in [3.8, 4) is 0 Å². The molecule has 0 bridgehead atoms. The third-order valence-corrected chi connectivity index (χ3v) is 7.52. The van der Waals surface area contributed by atoms with Crippen LogP contribution in [0.3, 0.4) is 0 Å². The summed E-state index contributed by atoms with van der Waals surface area (Å²) in [6.45, 7) is 0. The number of nitrogens with zero attached hydrogens (tertiary/aromatic N) is 1. The Hall–Kier alpha value is -2.44. The van der Waals surface area contributed by atoms with E-state index in [9.17, 15) is 9.59 Å². The fourth-order valence-electron chi connectivity index (χ4n) is 4.05. The molecule has 3 aromatic rings. The second kappa shape index (κ2) is 10.0. The van der Waals surface area contributed by atoms with Crippen LogP contribution >= 0.6 is 23.4 Å². The Morgan fingerprint density at radius 1 is 1.12 bits per heavy atom. The van der Waals surface area contributed by atoms with E-state index in [0.29, 0.717) is 32.9 Å². The first-order valence-electron chi connectivity index (χ1n) is 10.9. The number of para-hydroxylation sites is 1. The fourth-order valence-corrected chi connectivity index (χ4v) is 5.57. The molecule has 7 heteroatoms. The molecule has 1 aromatic heterocycles. The van der Waals surface area contributed by atoms with Gasteiger partial charge in [-0.25, -0.2) is 0 Å². The summed E-state index contributed by atoms with van der Waals surface area (Å²) in [7, 11) is 3.36. The maximum Gasteiger partial charge on any atom is 0.291 e. The van der Waals surface area contributed by atoms with Crippen molar-refractivity contribution in [1.29, 1.82) is 0 Å². The van der Waals surface area contributed by atoms with Crippen LogP contribution in [0.2, 0.25) is 5.02 Å². The van der Waals surface area contributed by atoms with Crippen LogP contribution in [0.1, 0.15) is 58.6 Å². The zero-order chi connectivity index (χ0) is 22.7. The molecule has 1 heterocycles. The van der Waals surface area contributed by atoms with Gasteiger partial charge in [-0.2, -0.15) is 11.8 Å². The third kappa shape index (κ3) is 4.97. The molecule has 2 aromatic carbocycles. The van der Waals surface area contributed by atoms with Gasteiger partial charge < -0.3 is 14.6 Å². The van der Waals surface area contributed by atoms with Gasteiger partial charge in [0.25, 0.3) is 11.8 Å². The lowest BCUT2D eigenvalue weighted by Gasteiger charge is -2.20. The molecule has 0 aliphatic heterocycles. The minimum Gasteiger partial charge on any atom is -0.451 e. The van der Waals surface area contributed by atoms with E-state index < -0.39 is 0 Å². The summed E-state index contributed by atoms with van der Waals surface area (Å²) in [6, 6.07) is 12.6. The Morgan fingerprint density at radius 3 is 2.62 bits per heavy atom. The Kier molecular flexibility index (Phi) is 7.11. The molecule has 0 radical (unpaired) electrons. The SMILES string of the molecule is CN(C)C(=O)c1ccc(Cl)c(NC(=O)c2oc3ccccc3c2CSC2CCCCC2)c1. The monoisotopic (exact) mass is 470 g/mol. The van der Waals surface area contributed by atoms with Crippen LogP contribution in [0, 0.1) is 0 Å². The zero-order valence-electron chi connectivity index (χ0n) is 18.3. The minimum atomic E-state index is -0.364. The molecule has 0 spiro atoms. The highest BCUT2D eigenvalue weighted by molar-refractivity contribution is 7.99. The number of carbonyl (C=O) groups excluding carboxylic acids is 2. The molecule has 2 amide bonds.